The zero-order valence-electron chi connectivity index (χ0n) is 10.5. The molecule has 0 unspecified atom stereocenters. The third kappa shape index (κ3) is 2.60. The second kappa shape index (κ2) is 4.40. The van der Waals surface area contributed by atoms with E-state index in [1.807, 2.05) is 12.1 Å². The van der Waals surface area contributed by atoms with E-state index in [-0.39, 0.29) is 5.78 Å². The molecule has 2 rings (SSSR count). The van der Waals surface area contributed by atoms with E-state index in [9.17, 15) is 4.79 Å². The van der Waals surface area contributed by atoms with E-state index in [2.05, 4.69) is 12.2 Å². The SMILES string of the molecule is CC(=O)c1cc(NCC2(C)CCC2)ccc1N. The summed E-state index contributed by atoms with van der Waals surface area (Å²) in [6, 6.07) is 5.58. The maximum Gasteiger partial charge on any atom is 0.161 e. The number of nitrogens with one attached hydrogen (secondary N) is 1. The molecule has 0 heterocycles. The lowest BCUT2D eigenvalue weighted by Crippen LogP contribution is -2.33. The Labute approximate surface area is 102 Å². The number of carbonyl (C=O) groups excluding carboxylic acids is 1. The van der Waals surface area contributed by atoms with Crippen molar-refractivity contribution in [3.05, 3.63) is 23.8 Å². The number of rotatable bonds is 4. The van der Waals surface area contributed by atoms with Gasteiger partial charge in [0.15, 0.2) is 5.78 Å². The number of nitrogen functional groups attached to an aromatic ring is 1. The van der Waals surface area contributed by atoms with Crippen LogP contribution in [0.4, 0.5) is 11.4 Å². The average molecular weight is 232 g/mol. The van der Waals surface area contributed by atoms with Crippen LogP contribution in [0.5, 0.6) is 0 Å². The molecule has 3 heteroatoms. The summed E-state index contributed by atoms with van der Waals surface area (Å²) in [4.78, 5) is 11.4. The number of hydrogen-bond donors (Lipinski definition) is 2. The van der Waals surface area contributed by atoms with Crippen molar-refractivity contribution < 1.29 is 4.79 Å². The Bertz CT molecular complexity index is 436. The summed E-state index contributed by atoms with van der Waals surface area (Å²) >= 11 is 0. The average Bonchev–Trinajstić information content (AvgIpc) is 2.25. The smallest absolute Gasteiger partial charge is 0.161 e. The molecular weight excluding hydrogens is 212 g/mol. The highest BCUT2D eigenvalue weighted by molar-refractivity contribution is 6.00. The van der Waals surface area contributed by atoms with Crippen LogP contribution in [0, 0.1) is 5.41 Å². The first-order valence-electron chi connectivity index (χ1n) is 6.15. The number of benzene rings is 1. The van der Waals surface area contributed by atoms with Crippen LogP contribution in [-0.2, 0) is 0 Å². The summed E-state index contributed by atoms with van der Waals surface area (Å²) in [5, 5.41) is 3.40. The van der Waals surface area contributed by atoms with Crippen LogP contribution < -0.4 is 11.1 Å². The lowest BCUT2D eigenvalue weighted by atomic mass is 9.70. The van der Waals surface area contributed by atoms with Crippen molar-refractivity contribution in [2.75, 3.05) is 17.6 Å². The largest absolute Gasteiger partial charge is 0.398 e. The Hall–Kier alpha value is -1.51. The summed E-state index contributed by atoms with van der Waals surface area (Å²) in [6.07, 6.45) is 3.90. The first kappa shape index (κ1) is 12.0. The molecule has 0 aliphatic heterocycles. The van der Waals surface area contributed by atoms with Crippen LogP contribution in [0.25, 0.3) is 0 Å². The van der Waals surface area contributed by atoms with E-state index in [4.69, 9.17) is 5.73 Å². The van der Waals surface area contributed by atoms with Crippen molar-refractivity contribution in [3.8, 4) is 0 Å². The fraction of sp³-hybridized carbons (Fsp3) is 0.500. The molecule has 1 aromatic rings. The van der Waals surface area contributed by atoms with Gasteiger partial charge in [-0.05, 0) is 43.4 Å². The Morgan fingerprint density at radius 2 is 2.18 bits per heavy atom. The summed E-state index contributed by atoms with van der Waals surface area (Å²) < 4.78 is 0. The molecule has 0 aromatic heterocycles. The number of anilines is 2. The molecule has 0 amide bonds. The molecule has 1 aliphatic carbocycles. The third-order valence-electron chi connectivity index (χ3n) is 3.71. The molecule has 0 spiro atoms. The van der Waals surface area contributed by atoms with Gasteiger partial charge in [-0.1, -0.05) is 13.3 Å². The topological polar surface area (TPSA) is 55.1 Å². The lowest BCUT2D eigenvalue weighted by Gasteiger charge is -2.38. The van der Waals surface area contributed by atoms with E-state index in [1.54, 1.807) is 13.0 Å². The maximum absolute atomic E-state index is 11.4. The minimum absolute atomic E-state index is 0.0148. The van der Waals surface area contributed by atoms with Crippen LogP contribution in [0.1, 0.15) is 43.5 Å². The molecule has 1 aromatic carbocycles. The summed E-state index contributed by atoms with van der Waals surface area (Å²) in [7, 11) is 0. The highest BCUT2D eigenvalue weighted by atomic mass is 16.1. The van der Waals surface area contributed by atoms with Gasteiger partial charge in [-0.3, -0.25) is 4.79 Å². The van der Waals surface area contributed by atoms with Gasteiger partial charge in [0.2, 0.25) is 0 Å². The Kier molecular flexibility index (Phi) is 3.09. The fourth-order valence-corrected chi connectivity index (χ4v) is 2.24. The summed E-state index contributed by atoms with van der Waals surface area (Å²) in [5.74, 6) is 0.0148. The van der Waals surface area contributed by atoms with Crippen molar-refractivity contribution in [1.29, 1.82) is 0 Å². The van der Waals surface area contributed by atoms with Crippen LogP contribution in [0.3, 0.4) is 0 Å². The number of ketones is 1. The van der Waals surface area contributed by atoms with Crippen LogP contribution in [0.15, 0.2) is 18.2 Å². The monoisotopic (exact) mass is 232 g/mol. The van der Waals surface area contributed by atoms with Gasteiger partial charge in [0.1, 0.15) is 0 Å². The van der Waals surface area contributed by atoms with Gasteiger partial charge < -0.3 is 11.1 Å². The molecule has 1 saturated carbocycles. The van der Waals surface area contributed by atoms with E-state index >= 15 is 0 Å². The van der Waals surface area contributed by atoms with Gasteiger partial charge in [-0.15, -0.1) is 0 Å². The van der Waals surface area contributed by atoms with Crippen LogP contribution >= 0.6 is 0 Å². The first-order chi connectivity index (χ1) is 8.00. The number of carbonyl (C=O) groups is 1. The number of hydrogen-bond acceptors (Lipinski definition) is 3. The normalized spacial score (nSPS) is 17.3. The number of nitrogens with two attached hydrogens (primary N) is 1. The van der Waals surface area contributed by atoms with Gasteiger partial charge in [0, 0.05) is 23.5 Å². The molecule has 3 N–H and O–H groups in total. The predicted octanol–water partition coefficient (Wildman–Crippen LogP) is 3.07. The van der Waals surface area contributed by atoms with Gasteiger partial charge in [0.25, 0.3) is 0 Å². The van der Waals surface area contributed by atoms with Crippen molar-refractivity contribution in [3.63, 3.8) is 0 Å². The Morgan fingerprint density at radius 1 is 1.47 bits per heavy atom. The van der Waals surface area contributed by atoms with E-state index < -0.39 is 0 Å². The minimum atomic E-state index is 0.0148. The molecule has 1 fully saturated rings. The van der Waals surface area contributed by atoms with Gasteiger partial charge in [-0.25, -0.2) is 0 Å². The summed E-state index contributed by atoms with van der Waals surface area (Å²) in [5.41, 5.74) is 8.33. The third-order valence-corrected chi connectivity index (χ3v) is 3.71. The molecule has 0 radical (unpaired) electrons. The van der Waals surface area contributed by atoms with Crippen molar-refractivity contribution in [2.45, 2.75) is 33.1 Å². The lowest BCUT2D eigenvalue weighted by molar-refractivity contribution is 0.101. The van der Waals surface area contributed by atoms with E-state index in [0.29, 0.717) is 16.7 Å². The maximum atomic E-state index is 11.4. The molecule has 17 heavy (non-hydrogen) atoms. The molecule has 1 aliphatic rings. The van der Waals surface area contributed by atoms with Crippen molar-refractivity contribution in [2.24, 2.45) is 5.41 Å². The second-order valence-corrected chi connectivity index (χ2v) is 5.38. The highest BCUT2D eigenvalue weighted by Gasteiger charge is 2.31. The summed E-state index contributed by atoms with van der Waals surface area (Å²) in [6.45, 7) is 4.81. The van der Waals surface area contributed by atoms with Gasteiger partial charge in [0.05, 0.1) is 0 Å². The van der Waals surface area contributed by atoms with E-state index in [0.717, 1.165) is 12.2 Å². The van der Waals surface area contributed by atoms with Crippen LogP contribution in [0.2, 0.25) is 0 Å². The predicted molar refractivity (Wildman–Crippen MR) is 71.3 cm³/mol. The zero-order chi connectivity index (χ0) is 12.5. The van der Waals surface area contributed by atoms with Gasteiger partial charge >= 0.3 is 0 Å². The standard InChI is InChI=1S/C14H20N2O/c1-10(17)12-8-11(4-5-13(12)15)16-9-14(2)6-3-7-14/h4-5,8,16H,3,6-7,9,15H2,1-2H3. The molecule has 0 atom stereocenters. The van der Waals surface area contributed by atoms with Crippen molar-refractivity contribution >= 4 is 17.2 Å². The highest BCUT2D eigenvalue weighted by Crippen LogP contribution is 2.40. The molecule has 0 saturated heterocycles. The number of Topliss-reactive ketones (excluding diaryl/α,β-unsaturated/α-hetero) is 1. The fourth-order valence-electron chi connectivity index (χ4n) is 2.24. The Morgan fingerprint density at radius 3 is 2.71 bits per heavy atom. The molecule has 0 bridgehead atoms. The van der Waals surface area contributed by atoms with Crippen molar-refractivity contribution in [1.82, 2.24) is 0 Å². The van der Waals surface area contributed by atoms with E-state index in [1.165, 1.54) is 19.3 Å². The van der Waals surface area contributed by atoms with Crippen LogP contribution in [-0.4, -0.2) is 12.3 Å². The zero-order valence-corrected chi connectivity index (χ0v) is 10.5. The second-order valence-electron chi connectivity index (χ2n) is 5.38. The molecule has 3 nitrogen and oxygen atoms in total. The molecule has 92 valence electrons. The Balaban J connectivity index is 2.06. The molecular formula is C14H20N2O. The minimum Gasteiger partial charge on any atom is -0.398 e. The van der Waals surface area contributed by atoms with Gasteiger partial charge in [-0.2, -0.15) is 0 Å². The quantitative estimate of drug-likeness (QED) is 0.619. The first-order valence-corrected chi connectivity index (χ1v) is 6.15.